The number of pyridine rings is 1. The van der Waals surface area contributed by atoms with Crippen molar-refractivity contribution in [2.24, 2.45) is 0 Å². The van der Waals surface area contributed by atoms with Gasteiger partial charge in [-0.3, -0.25) is 0 Å². The van der Waals surface area contributed by atoms with Gasteiger partial charge in [0.15, 0.2) is 0 Å². The number of anilines is 1. The number of benzene rings is 1. The van der Waals surface area contributed by atoms with Crippen molar-refractivity contribution in [3.63, 3.8) is 0 Å². The molecule has 0 spiro atoms. The summed E-state index contributed by atoms with van der Waals surface area (Å²) in [5, 5.41) is 3.41. The van der Waals surface area contributed by atoms with Crippen LogP contribution in [0.1, 0.15) is 18.5 Å². The average molecular weight is 337 g/mol. The highest BCUT2D eigenvalue weighted by molar-refractivity contribution is 9.10. The number of aromatic nitrogens is 1. The first-order valence-corrected chi connectivity index (χ1v) is 7.04. The van der Waals surface area contributed by atoms with E-state index in [1.807, 2.05) is 30.3 Å². The number of hydrogen-bond donors (Lipinski definition) is 1. The largest absolute Gasteiger partial charge is 0.497 e. The summed E-state index contributed by atoms with van der Waals surface area (Å²) < 4.78 is 11.5. The van der Waals surface area contributed by atoms with Gasteiger partial charge in [0.2, 0.25) is 0 Å². The van der Waals surface area contributed by atoms with E-state index in [2.05, 4.69) is 33.2 Å². The second kappa shape index (κ2) is 6.61. The Balaban J connectivity index is 2.28. The van der Waals surface area contributed by atoms with Gasteiger partial charge in [-0.15, -0.1) is 0 Å². The molecule has 1 aromatic carbocycles. The molecular weight excluding hydrogens is 320 g/mol. The van der Waals surface area contributed by atoms with E-state index in [1.54, 1.807) is 20.4 Å². The summed E-state index contributed by atoms with van der Waals surface area (Å²) in [5.41, 5.74) is 1.97. The van der Waals surface area contributed by atoms with Gasteiger partial charge in [-0.1, -0.05) is 0 Å². The molecule has 4 nitrogen and oxygen atoms in total. The van der Waals surface area contributed by atoms with Crippen molar-refractivity contribution < 1.29 is 9.47 Å². The van der Waals surface area contributed by atoms with Gasteiger partial charge in [0.1, 0.15) is 16.1 Å². The van der Waals surface area contributed by atoms with Crippen LogP contribution in [0.15, 0.2) is 41.1 Å². The fraction of sp³-hybridized carbons (Fsp3) is 0.267. The quantitative estimate of drug-likeness (QED) is 0.837. The van der Waals surface area contributed by atoms with E-state index in [-0.39, 0.29) is 6.04 Å². The standard InChI is InChI=1S/C15H17BrN2O2/c1-10(18-13-5-4-8-17-15(13)16)12-9-11(19-2)6-7-14(12)20-3/h4-10,18H,1-3H3. The number of halogens is 1. The van der Waals surface area contributed by atoms with E-state index in [1.165, 1.54) is 0 Å². The molecular formula is C15H17BrN2O2. The van der Waals surface area contributed by atoms with Crippen LogP contribution in [-0.4, -0.2) is 19.2 Å². The number of rotatable bonds is 5. The summed E-state index contributed by atoms with van der Waals surface area (Å²) in [6, 6.07) is 9.68. The molecule has 1 atom stereocenters. The number of nitrogens with zero attached hydrogens (tertiary/aromatic N) is 1. The summed E-state index contributed by atoms with van der Waals surface area (Å²) in [6.45, 7) is 2.07. The molecule has 0 amide bonds. The lowest BCUT2D eigenvalue weighted by molar-refractivity contribution is 0.397. The highest BCUT2D eigenvalue weighted by atomic mass is 79.9. The van der Waals surface area contributed by atoms with Gasteiger partial charge in [-0.05, 0) is 53.2 Å². The molecule has 0 bridgehead atoms. The fourth-order valence-electron chi connectivity index (χ4n) is 1.98. The van der Waals surface area contributed by atoms with Crippen LogP contribution in [0.4, 0.5) is 5.69 Å². The molecule has 2 rings (SSSR count). The van der Waals surface area contributed by atoms with Crippen LogP contribution in [0.2, 0.25) is 0 Å². The Kier molecular flexibility index (Phi) is 4.84. The molecule has 0 aliphatic carbocycles. The third-order valence-corrected chi connectivity index (χ3v) is 3.67. The minimum Gasteiger partial charge on any atom is -0.497 e. The summed E-state index contributed by atoms with van der Waals surface area (Å²) in [5.74, 6) is 1.63. The molecule has 0 radical (unpaired) electrons. The van der Waals surface area contributed by atoms with E-state index in [0.29, 0.717) is 0 Å². The highest BCUT2D eigenvalue weighted by Crippen LogP contribution is 2.32. The van der Waals surface area contributed by atoms with Crippen molar-refractivity contribution in [3.8, 4) is 11.5 Å². The minimum absolute atomic E-state index is 0.0561. The van der Waals surface area contributed by atoms with Gasteiger partial charge in [0, 0.05) is 11.8 Å². The third kappa shape index (κ3) is 3.22. The highest BCUT2D eigenvalue weighted by Gasteiger charge is 2.14. The summed E-state index contributed by atoms with van der Waals surface area (Å²) in [7, 11) is 3.32. The molecule has 0 saturated heterocycles. The molecule has 20 heavy (non-hydrogen) atoms. The van der Waals surface area contributed by atoms with Gasteiger partial charge in [0.05, 0.1) is 25.9 Å². The van der Waals surface area contributed by atoms with Gasteiger partial charge in [-0.2, -0.15) is 0 Å². The second-order valence-corrected chi connectivity index (χ2v) is 5.07. The fourth-order valence-corrected chi connectivity index (χ4v) is 2.35. The van der Waals surface area contributed by atoms with Crippen LogP contribution in [0.25, 0.3) is 0 Å². The number of methoxy groups -OCH3 is 2. The Morgan fingerprint density at radius 3 is 2.65 bits per heavy atom. The maximum atomic E-state index is 5.41. The molecule has 0 fully saturated rings. The zero-order chi connectivity index (χ0) is 14.5. The molecule has 0 aliphatic heterocycles. The third-order valence-electron chi connectivity index (χ3n) is 3.03. The average Bonchev–Trinajstić information content (AvgIpc) is 2.48. The van der Waals surface area contributed by atoms with Crippen LogP contribution in [0, 0.1) is 0 Å². The first-order valence-electron chi connectivity index (χ1n) is 6.24. The lowest BCUT2D eigenvalue weighted by Crippen LogP contribution is -2.09. The first kappa shape index (κ1) is 14.7. The van der Waals surface area contributed by atoms with Gasteiger partial charge >= 0.3 is 0 Å². The first-order chi connectivity index (χ1) is 9.65. The lowest BCUT2D eigenvalue weighted by atomic mass is 10.1. The van der Waals surface area contributed by atoms with Crippen LogP contribution in [0.5, 0.6) is 11.5 Å². The molecule has 1 unspecified atom stereocenters. The van der Waals surface area contributed by atoms with E-state index in [0.717, 1.165) is 27.4 Å². The van der Waals surface area contributed by atoms with Crippen molar-refractivity contribution in [2.75, 3.05) is 19.5 Å². The Hall–Kier alpha value is -1.75. The maximum Gasteiger partial charge on any atom is 0.129 e. The van der Waals surface area contributed by atoms with E-state index in [9.17, 15) is 0 Å². The van der Waals surface area contributed by atoms with E-state index < -0.39 is 0 Å². The molecule has 106 valence electrons. The summed E-state index contributed by atoms with van der Waals surface area (Å²) in [6.07, 6.45) is 1.74. The summed E-state index contributed by atoms with van der Waals surface area (Å²) in [4.78, 5) is 4.20. The SMILES string of the molecule is COc1ccc(OC)c(C(C)Nc2cccnc2Br)c1. The van der Waals surface area contributed by atoms with Gasteiger partial charge in [0.25, 0.3) is 0 Å². The molecule has 1 heterocycles. The molecule has 0 saturated carbocycles. The van der Waals surface area contributed by atoms with Crippen molar-refractivity contribution >= 4 is 21.6 Å². The Morgan fingerprint density at radius 1 is 1.20 bits per heavy atom. The molecule has 0 aliphatic rings. The smallest absolute Gasteiger partial charge is 0.129 e. The number of nitrogens with one attached hydrogen (secondary N) is 1. The number of hydrogen-bond acceptors (Lipinski definition) is 4. The van der Waals surface area contributed by atoms with Crippen LogP contribution in [-0.2, 0) is 0 Å². The predicted octanol–water partition coefficient (Wildman–Crippen LogP) is 4.03. The van der Waals surface area contributed by atoms with E-state index in [4.69, 9.17) is 9.47 Å². The molecule has 2 aromatic rings. The van der Waals surface area contributed by atoms with Crippen molar-refractivity contribution in [1.29, 1.82) is 0 Å². The zero-order valence-electron chi connectivity index (χ0n) is 11.7. The molecule has 1 aromatic heterocycles. The lowest BCUT2D eigenvalue weighted by Gasteiger charge is -2.19. The van der Waals surface area contributed by atoms with Crippen LogP contribution >= 0.6 is 15.9 Å². The van der Waals surface area contributed by atoms with Crippen LogP contribution < -0.4 is 14.8 Å². The Labute approximate surface area is 127 Å². The molecule has 5 heteroatoms. The topological polar surface area (TPSA) is 43.4 Å². The maximum absolute atomic E-state index is 5.41. The monoisotopic (exact) mass is 336 g/mol. The Bertz CT molecular complexity index is 590. The van der Waals surface area contributed by atoms with Crippen molar-refractivity contribution in [1.82, 2.24) is 4.98 Å². The van der Waals surface area contributed by atoms with E-state index >= 15 is 0 Å². The van der Waals surface area contributed by atoms with Crippen molar-refractivity contribution in [2.45, 2.75) is 13.0 Å². The van der Waals surface area contributed by atoms with Crippen molar-refractivity contribution in [3.05, 3.63) is 46.7 Å². The number of ether oxygens (including phenoxy) is 2. The second-order valence-electron chi connectivity index (χ2n) is 4.32. The normalized spacial score (nSPS) is 11.8. The zero-order valence-corrected chi connectivity index (χ0v) is 13.3. The Morgan fingerprint density at radius 2 is 2.00 bits per heavy atom. The minimum atomic E-state index is 0.0561. The predicted molar refractivity (Wildman–Crippen MR) is 83.5 cm³/mol. The summed E-state index contributed by atoms with van der Waals surface area (Å²) >= 11 is 3.43. The van der Waals surface area contributed by atoms with Gasteiger partial charge < -0.3 is 14.8 Å². The van der Waals surface area contributed by atoms with Crippen LogP contribution in [0.3, 0.4) is 0 Å². The molecule has 1 N–H and O–H groups in total. The van der Waals surface area contributed by atoms with Gasteiger partial charge in [-0.25, -0.2) is 4.98 Å².